The highest BCUT2D eigenvalue weighted by molar-refractivity contribution is 7.53. The minimum absolute atomic E-state index is 0.00220. The van der Waals surface area contributed by atoms with Crippen LogP contribution in [0.1, 0.15) is 34.1 Å². The van der Waals surface area contributed by atoms with E-state index in [4.69, 9.17) is 31.1 Å². The van der Waals surface area contributed by atoms with E-state index >= 15 is 0 Å². The smallest absolute Gasteiger partial charge is 0.356 e. The van der Waals surface area contributed by atoms with E-state index in [0.29, 0.717) is 11.2 Å². The molecule has 0 fully saturated rings. The fourth-order valence-electron chi connectivity index (χ4n) is 2.55. The van der Waals surface area contributed by atoms with E-state index in [0.717, 1.165) is 0 Å². The van der Waals surface area contributed by atoms with Crippen molar-refractivity contribution in [2.45, 2.75) is 59.0 Å². The van der Waals surface area contributed by atoms with Gasteiger partial charge in [0.2, 0.25) is 5.95 Å². The Hall–Kier alpha value is -1.32. The number of nitrogens with zero attached hydrogens (tertiary/aromatic N) is 4. The maximum Gasteiger partial charge on any atom is 0.356 e. The van der Waals surface area contributed by atoms with Crippen molar-refractivity contribution in [2.75, 3.05) is 18.8 Å². The van der Waals surface area contributed by atoms with Gasteiger partial charge in [-0.1, -0.05) is 11.6 Å². The zero-order chi connectivity index (χ0) is 20.9. The van der Waals surface area contributed by atoms with Gasteiger partial charge in [0.1, 0.15) is 11.9 Å². The van der Waals surface area contributed by atoms with E-state index < -0.39 is 20.4 Å². The van der Waals surface area contributed by atoms with Crippen LogP contribution >= 0.6 is 19.2 Å². The molecule has 0 aliphatic rings. The molecule has 1 atom stereocenters. The number of nitrogen functional groups attached to an aromatic ring is 1. The quantitative estimate of drug-likeness (QED) is 0.417. The first-order chi connectivity index (χ1) is 13.1. The Morgan fingerprint density at radius 3 is 2.46 bits per heavy atom. The van der Waals surface area contributed by atoms with Gasteiger partial charge >= 0.3 is 7.60 Å². The molecule has 12 heteroatoms. The Kier molecular flexibility index (Phi) is 8.15. The predicted molar refractivity (Wildman–Crippen MR) is 105 cm³/mol. The number of aromatic nitrogens is 4. The number of imidazole rings is 1. The third-order valence-electron chi connectivity index (χ3n) is 3.48. The lowest BCUT2D eigenvalue weighted by Gasteiger charge is -2.25. The van der Waals surface area contributed by atoms with E-state index in [1.807, 2.05) is 0 Å². The zero-order valence-corrected chi connectivity index (χ0v) is 18.0. The van der Waals surface area contributed by atoms with Gasteiger partial charge in [-0.05, 0) is 27.7 Å². The fourth-order valence-corrected chi connectivity index (χ4v) is 4.62. The molecule has 2 rings (SSSR count). The van der Waals surface area contributed by atoms with Gasteiger partial charge in [-0.25, -0.2) is 4.98 Å². The molecule has 158 valence electrons. The van der Waals surface area contributed by atoms with E-state index in [9.17, 15) is 8.96 Å². The van der Waals surface area contributed by atoms with Crippen molar-refractivity contribution in [3.63, 3.8) is 0 Å². The molecule has 0 saturated heterocycles. The van der Waals surface area contributed by atoms with Crippen molar-refractivity contribution < 1.29 is 22.7 Å². The lowest BCUT2D eigenvalue weighted by molar-refractivity contribution is 0.0367. The van der Waals surface area contributed by atoms with E-state index in [2.05, 4.69) is 15.0 Å². The van der Waals surface area contributed by atoms with Gasteiger partial charge in [-0.2, -0.15) is 9.97 Å². The van der Waals surface area contributed by atoms with Crippen molar-refractivity contribution in [3.05, 3.63) is 11.5 Å². The normalized spacial score (nSPS) is 13.7. The first kappa shape index (κ1) is 23.0. The maximum absolute atomic E-state index is 13.1. The number of anilines is 1. The van der Waals surface area contributed by atoms with Gasteiger partial charge < -0.3 is 24.1 Å². The standard InChI is InChI=1S/C16H26ClFN5O4P/c1-10(2)26-28(24,27-11(3)4)9-25-12(5-6-18)7-23-8-20-13-14(17)21-16(19)22-15(13)23/h8,10-12H,5-7,9H2,1-4H3,(H2,19,21,22)/t12-/m0/s1. The lowest BCUT2D eigenvalue weighted by atomic mass is 10.2. The highest BCUT2D eigenvalue weighted by atomic mass is 35.5. The van der Waals surface area contributed by atoms with Crippen LogP contribution in [0.15, 0.2) is 6.33 Å². The Morgan fingerprint density at radius 1 is 1.25 bits per heavy atom. The number of alkyl halides is 1. The predicted octanol–water partition coefficient (Wildman–Crippen LogP) is 3.81. The molecule has 9 nitrogen and oxygen atoms in total. The average molecular weight is 438 g/mol. The number of ether oxygens (including phenoxy) is 1. The van der Waals surface area contributed by atoms with Gasteiger partial charge in [-0.3, -0.25) is 8.96 Å². The van der Waals surface area contributed by atoms with Crippen LogP contribution in [-0.2, 0) is 24.9 Å². The first-order valence-electron chi connectivity index (χ1n) is 8.90. The Morgan fingerprint density at radius 2 is 1.89 bits per heavy atom. The Labute approximate surface area is 168 Å². The largest absolute Gasteiger partial charge is 0.368 e. The molecule has 2 aromatic heterocycles. The molecular weight excluding hydrogens is 412 g/mol. The average Bonchev–Trinajstić information content (AvgIpc) is 2.94. The SMILES string of the molecule is CC(C)OP(=O)(CO[C@@H](CCF)Cn1cnc2c(Cl)nc(N)nc21)OC(C)C. The summed E-state index contributed by atoms with van der Waals surface area (Å²) in [7, 11) is -3.50. The second kappa shape index (κ2) is 9.93. The molecular formula is C16H26ClFN5O4P. The summed E-state index contributed by atoms with van der Waals surface area (Å²) < 4.78 is 44.2. The number of rotatable bonds is 11. The summed E-state index contributed by atoms with van der Waals surface area (Å²) in [4.78, 5) is 12.1. The molecule has 2 N–H and O–H groups in total. The molecule has 0 spiro atoms. The van der Waals surface area contributed by atoms with Crippen LogP contribution in [0.25, 0.3) is 11.2 Å². The van der Waals surface area contributed by atoms with Crippen LogP contribution < -0.4 is 5.73 Å². The summed E-state index contributed by atoms with van der Waals surface area (Å²) >= 11 is 6.02. The molecule has 0 amide bonds. The molecule has 0 saturated carbocycles. The van der Waals surface area contributed by atoms with Gasteiger partial charge in [0.05, 0.1) is 37.9 Å². The minimum atomic E-state index is -3.50. The topological polar surface area (TPSA) is 114 Å². The molecule has 0 aromatic carbocycles. The molecule has 28 heavy (non-hydrogen) atoms. The second-order valence-corrected chi connectivity index (χ2v) is 9.02. The molecule has 0 bridgehead atoms. The van der Waals surface area contributed by atoms with Crippen molar-refractivity contribution in [1.29, 1.82) is 0 Å². The number of nitrogens with two attached hydrogens (primary N) is 1. The van der Waals surface area contributed by atoms with Gasteiger partial charge in [0.15, 0.2) is 10.8 Å². The molecule has 0 aliphatic carbocycles. The van der Waals surface area contributed by atoms with Crippen LogP contribution in [0.4, 0.5) is 10.3 Å². The summed E-state index contributed by atoms with van der Waals surface area (Å²) in [6, 6.07) is 0. The third-order valence-corrected chi connectivity index (χ3v) is 5.70. The molecule has 0 radical (unpaired) electrons. The summed E-state index contributed by atoms with van der Waals surface area (Å²) in [6.45, 7) is 6.59. The molecule has 2 aromatic rings. The summed E-state index contributed by atoms with van der Waals surface area (Å²) in [5.41, 5.74) is 6.43. The zero-order valence-electron chi connectivity index (χ0n) is 16.3. The van der Waals surface area contributed by atoms with Gasteiger partial charge in [0.25, 0.3) is 0 Å². The number of halogens is 2. The monoisotopic (exact) mass is 437 g/mol. The van der Waals surface area contributed by atoms with E-state index in [-0.39, 0.29) is 42.6 Å². The third kappa shape index (κ3) is 6.35. The number of hydrogen-bond donors (Lipinski definition) is 1. The lowest BCUT2D eigenvalue weighted by Crippen LogP contribution is -2.23. The highest BCUT2D eigenvalue weighted by Gasteiger charge is 2.30. The maximum atomic E-state index is 13.1. The van der Waals surface area contributed by atoms with Crippen molar-refractivity contribution in [2.24, 2.45) is 0 Å². The number of hydrogen-bond acceptors (Lipinski definition) is 8. The van der Waals surface area contributed by atoms with Gasteiger partial charge in [-0.15, -0.1) is 0 Å². The molecule has 0 unspecified atom stereocenters. The van der Waals surface area contributed by atoms with Crippen molar-refractivity contribution in [1.82, 2.24) is 19.5 Å². The van der Waals surface area contributed by atoms with Crippen molar-refractivity contribution >= 4 is 36.3 Å². The van der Waals surface area contributed by atoms with Crippen LogP contribution in [0, 0.1) is 0 Å². The number of fused-ring (bicyclic) bond motifs is 1. The fraction of sp³-hybridized carbons (Fsp3) is 0.688. The highest BCUT2D eigenvalue weighted by Crippen LogP contribution is 2.50. The van der Waals surface area contributed by atoms with E-state index in [1.54, 1.807) is 32.3 Å². The van der Waals surface area contributed by atoms with Crippen LogP contribution in [-0.4, -0.2) is 50.9 Å². The molecule has 0 aliphatic heterocycles. The Balaban J connectivity index is 2.16. The first-order valence-corrected chi connectivity index (χ1v) is 11.0. The van der Waals surface area contributed by atoms with Crippen molar-refractivity contribution in [3.8, 4) is 0 Å². The Bertz CT molecular complexity index is 821. The van der Waals surface area contributed by atoms with Crippen LogP contribution in [0.2, 0.25) is 5.15 Å². The summed E-state index contributed by atoms with van der Waals surface area (Å²) in [5, 5.41) is 0.129. The van der Waals surface area contributed by atoms with Crippen LogP contribution in [0.3, 0.4) is 0 Å². The van der Waals surface area contributed by atoms with E-state index in [1.165, 1.54) is 6.33 Å². The molecule has 2 heterocycles. The van der Waals surface area contributed by atoms with Crippen LogP contribution in [0.5, 0.6) is 0 Å². The summed E-state index contributed by atoms with van der Waals surface area (Å²) in [5.74, 6) is 0.00220. The summed E-state index contributed by atoms with van der Waals surface area (Å²) in [6.07, 6.45) is 0.0425. The second-order valence-electron chi connectivity index (χ2n) is 6.76. The minimum Gasteiger partial charge on any atom is -0.368 e. The van der Waals surface area contributed by atoms with Gasteiger partial charge in [0, 0.05) is 6.42 Å².